The number of hydrogen-bond donors (Lipinski definition) is 3. The number of H-pyrrole nitrogens is 1. The first kappa shape index (κ1) is 24.0. The number of rotatable bonds is 9. The Kier molecular flexibility index (Phi) is 6.84. The van der Waals surface area contributed by atoms with E-state index in [1.165, 1.54) is 0 Å². The van der Waals surface area contributed by atoms with Crippen LogP contribution in [0.4, 0.5) is 0 Å². The molecule has 0 unspecified atom stereocenters. The van der Waals surface area contributed by atoms with Crippen molar-refractivity contribution in [1.29, 1.82) is 0 Å². The van der Waals surface area contributed by atoms with Gasteiger partial charge in [0, 0.05) is 22.9 Å². The lowest BCUT2D eigenvalue weighted by atomic mass is 9.95. The number of carbonyl (C=O) groups is 1. The highest BCUT2D eigenvalue weighted by molar-refractivity contribution is 5.74. The molecule has 2 aromatic carbocycles. The molecule has 0 aliphatic heterocycles. The van der Waals surface area contributed by atoms with Crippen molar-refractivity contribution in [2.45, 2.75) is 20.5 Å². The topological polar surface area (TPSA) is 118 Å². The van der Waals surface area contributed by atoms with Crippen LogP contribution in [0.2, 0.25) is 0 Å². The summed E-state index contributed by atoms with van der Waals surface area (Å²) in [4.78, 5) is 23.6. The standard InChI is InChI=1S/C27H27N3O5/c1-27(2,26(32)33)16-35-20-8-4-17(5-9-20)23-11-7-18(13-28-23)25-29-14-24(30-25)22-12-21(34-3)10-6-19(22)15-31/h4-14,31H,15-16H2,1-3H3,(H,29,30)(H,32,33). The summed E-state index contributed by atoms with van der Waals surface area (Å²) in [6.45, 7) is 3.24. The quantitative estimate of drug-likeness (QED) is 0.320. The SMILES string of the molecule is COc1ccc(CO)c(-c2cnc(-c3ccc(-c4ccc(OCC(C)(C)C(=O)O)cc4)nc3)[nH]2)c1. The maximum absolute atomic E-state index is 11.2. The number of nitrogens with zero attached hydrogens (tertiary/aromatic N) is 2. The van der Waals surface area contributed by atoms with Crippen LogP contribution < -0.4 is 9.47 Å². The highest BCUT2D eigenvalue weighted by atomic mass is 16.5. The van der Waals surface area contributed by atoms with Crippen molar-refractivity contribution < 1.29 is 24.5 Å². The second kappa shape index (κ2) is 9.99. The van der Waals surface area contributed by atoms with Gasteiger partial charge >= 0.3 is 5.97 Å². The summed E-state index contributed by atoms with van der Waals surface area (Å²) in [5.41, 5.74) is 3.92. The minimum Gasteiger partial charge on any atom is -0.497 e. The first-order valence-corrected chi connectivity index (χ1v) is 11.1. The molecule has 4 aromatic rings. The highest BCUT2D eigenvalue weighted by Gasteiger charge is 2.28. The molecule has 0 radical (unpaired) electrons. The van der Waals surface area contributed by atoms with Crippen molar-refractivity contribution >= 4 is 5.97 Å². The molecule has 0 aliphatic rings. The van der Waals surface area contributed by atoms with Gasteiger partial charge in [0.05, 0.1) is 36.7 Å². The Bertz CT molecular complexity index is 1310. The minimum atomic E-state index is -0.964. The van der Waals surface area contributed by atoms with Crippen LogP contribution in [0, 0.1) is 5.41 Å². The first-order chi connectivity index (χ1) is 16.8. The molecule has 0 fully saturated rings. The lowest BCUT2D eigenvalue weighted by Gasteiger charge is -2.19. The molecule has 35 heavy (non-hydrogen) atoms. The normalized spacial score (nSPS) is 11.3. The number of nitrogens with one attached hydrogen (secondary N) is 1. The van der Waals surface area contributed by atoms with E-state index in [0.29, 0.717) is 17.3 Å². The molecule has 2 aromatic heterocycles. The lowest BCUT2D eigenvalue weighted by molar-refractivity contribution is -0.148. The fourth-order valence-corrected chi connectivity index (χ4v) is 3.43. The van der Waals surface area contributed by atoms with E-state index >= 15 is 0 Å². The zero-order chi connectivity index (χ0) is 25.0. The summed E-state index contributed by atoms with van der Waals surface area (Å²) in [5.74, 6) is 1.05. The van der Waals surface area contributed by atoms with Crippen LogP contribution in [0.15, 0.2) is 67.0 Å². The molecule has 0 spiro atoms. The van der Waals surface area contributed by atoms with Gasteiger partial charge in [0.1, 0.15) is 23.9 Å². The molecule has 2 heterocycles. The van der Waals surface area contributed by atoms with Crippen molar-refractivity contribution in [3.8, 4) is 45.4 Å². The number of aliphatic hydroxyl groups is 1. The highest BCUT2D eigenvalue weighted by Crippen LogP contribution is 2.29. The van der Waals surface area contributed by atoms with Crippen molar-refractivity contribution in [3.05, 3.63) is 72.6 Å². The molecule has 8 nitrogen and oxygen atoms in total. The number of aliphatic hydroxyl groups excluding tert-OH is 1. The largest absolute Gasteiger partial charge is 0.497 e. The van der Waals surface area contributed by atoms with E-state index in [1.807, 2.05) is 42.5 Å². The van der Waals surface area contributed by atoms with Crippen molar-refractivity contribution in [1.82, 2.24) is 15.0 Å². The monoisotopic (exact) mass is 473 g/mol. The number of hydrogen-bond acceptors (Lipinski definition) is 6. The number of ether oxygens (including phenoxy) is 2. The second-order valence-corrected chi connectivity index (χ2v) is 8.76. The third-order valence-electron chi connectivity index (χ3n) is 5.72. The number of imidazole rings is 1. The zero-order valence-electron chi connectivity index (χ0n) is 19.8. The van der Waals surface area contributed by atoms with Gasteiger partial charge in [-0.1, -0.05) is 6.07 Å². The Morgan fingerprint density at radius 1 is 0.971 bits per heavy atom. The van der Waals surface area contributed by atoms with E-state index in [2.05, 4.69) is 15.0 Å². The molecule has 0 atom stereocenters. The Labute approximate surface area is 203 Å². The van der Waals surface area contributed by atoms with E-state index in [4.69, 9.17) is 9.47 Å². The van der Waals surface area contributed by atoms with E-state index in [1.54, 1.807) is 45.5 Å². The van der Waals surface area contributed by atoms with E-state index in [9.17, 15) is 15.0 Å². The molecule has 180 valence electrons. The molecule has 4 rings (SSSR count). The number of pyridine rings is 1. The fourth-order valence-electron chi connectivity index (χ4n) is 3.43. The summed E-state index contributed by atoms with van der Waals surface area (Å²) >= 11 is 0. The number of aromatic amines is 1. The number of aliphatic carboxylic acids is 1. The van der Waals surface area contributed by atoms with Gasteiger partial charge < -0.3 is 24.7 Å². The zero-order valence-corrected chi connectivity index (χ0v) is 19.8. The van der Waals surface area contributed by atoms with Crippen LogP contribution in [-0.4, -0.2) is 44.9 Å². The lowest BCUT2D eigenvalue weighted by Crippen LogP contribution is -2.30. The molecule has 0 bridgehead atoms. The van der Waals surface area contributed by atoms with Gasteiger partial charge in [0.2, 0.25) is 0 Å². The van der Waals surface area contributed by atoms with Crippen LogP contribution >= 0.6 is 0 Å². The van der Waals surface area contributed by atoms with Crippen LogP contribution in [0.3, 0.4) is 0 Å². The van der Waals surface area contributed by atoms with Crippen molar-refractivity contribution in [3.63, 3.8) is 0 Å². The van der Waals surface area contributed by atoms with Gasteiger partial charge in [-0.05, 0) is 67.9 Å². The summed E-state index contributed by atoms with van der Waals surface area (Å²) in [6, 6.07) is 16.7. The maximum Gasteiger partial charge on any atom is 0.312 e. The maximum atomic E-state index is 11.2. The predicted octanol–water partition coefficient (Wildman–Crippen LogP) is 4.80. The average Bonchev–Trinajstić information content (AvgIpc) is 3.38. The number of carboxylic acids is 1. The van der Waals surface area contributed by atoms with Crippen molar-refractivity contribution in [2.75, 3.05) is 13.7 Å². The van der Waals surface area contributed by atoms with Gasteiger partial charge in [-0.25, -0.2) is 4.98 Å². The van der Waals surface area contributed by atoms with Gasteiger partial charge in [-0.2, -0.15) is 0 Å². The smallest absolute Gasteiger partial charge is 0.312 e. The van der Waals surface area contributed by atoms with Crippen LogP contribution in [-0.2, 0) is 11.4 Å². The van der Waals surface area contributed by atoms with Crippen molar-refractivity contribution in [2.24, 2.45) is 5.41 Å². The second-order valence-electron chi connectivity index (χ2n) is 8.76. The number of benzene rings is 2. The third kappa shape index (κ3) is 5.33. The Morgan fingerprint density at radius 2 is 1.69 bits per heavy atom. The van der Waals surface area contributed by atoms with Crippen LogP contribution in [0.25, 0.3) is 33.9 Å². The average molecular weight is 474 g/mol. The molecule has 0 aliphatic carbocycles. The molecule has 8 heteroatoms. The summed E-state index contributed by atoms with van der Waals surface area (Å²) < 4.78 is 10.9. The van der Waals surface area contributed by atoms with Gasteiger partial charge in [-0.15, -0.1) is 0 Å². The summed E-state index contributed by atoms with van der Waals surface area (Å²) in [7, 11) is 1.60. The molecule has 3 N–H and O–H groups in total. The number of aromatic nitrogens is 3. The van der Waals surface area contributed by atoms with E-state index in [0.717, 1.165) is 33.6 Å². The molecule has 0 amide bonds. The van der Waals surface area contributed by atoms with E-state index in [-0.39, 0.29) is 13.2 Å². The minimum absolute atomic E-state index is 0.0787. The first-order valence-electron chi connectivity index (χ1n) is 11.1. The van der Waals surface area contributed by atoms with Crippen LogP contribution in [0.5, 0.6) is 11.5 Å². The molecular weight excluding hydrogens is 446 g/mol. The third-order valence-corrected chi connectivity index (χ3v) is 5.72. The number of methoxy groups -OCH3 is 1. The Balaban J connectivity index is 1.49. The fraction of sp³-hybridized carbons (Fsp3) is 0.222. The van der Waals surface area contributed by atoms with Gasteiger partial charge in [0.25, 0.3) is 0 Å². The Hall–Kier alpha value is -4.17. The van der Waals surface area contributed by atoms with Gasteiger partial charge in [0.15, 0.2) is 0 Å². The van der Waals surface area contributed by atoms with Gasteiger partial charge in [-0.3, -0.25) is 9.78 Å². The number of carboxylic acid groups (broad SMARTS) is 1. The molecular formula is C27H27N3O5. The molecule has 0 saturated carbocycles. The molecule has 0 saturated heterocycles. The Morgan fingerprint density at radius 3 is 2.31 bits per heavy atom. The summed E-state index contributed by atoms with van der Waals surface area (Å²) in [6.07, 6.45) is 3.47. The van der Waals surface area contributed by atoms with E-state index < -0.39 is 11.4 Å². The summed E-state index contributed by atoms with van der Waals surface area (Å²) in [5, 5.41) is 18.9. The van der Waals surface area contributed by atoms with Crippen LogP contribution in [0.1, 0.15) is 19.4 Å². The predicted molar refractivity (Wildman–Crippen MR) is 132 cm³/mol.